The molecule has 1 aromatic rings. The minimum absolute atomic E-state index is 0.225. The Morgan fingerprint density at radius 3 is 2.44 bits per heavy atom. The number of rotatable bonds is 2. The second kappa shape index (κ2) is 6.99. The maximum atomic E-state index is 12.8. The van der Waals surface area contributed by atoms with E-state index in [1.54, 1.807) is 0 Å². The number of anilines is 1. The largest absolute Gasteiger partial charge is 0.365 e. The lowest BCUT2D eigenvalue weighted by Gasteiger charge is -2.41. The topological polar surface area (TPSA) is 49.6 Å². The standard InChI is InChI=1S/C21H31N3O/c1-15-14-17-4-2-3-5-20(17)24(15)19-10-12-23(13-11-19)21(25)16-6-8-18(22)9-7-16/h2-5,15-16,18-19H,6-14,22H2,1H3. The number of carbonyl (C=O) groups excluding carboxylic acids is 1. The zero-order valence-corrected chi connectivity index (χ0v) is 15.4. The summed E-state index contributed by atoms with van der Waals surface area (Å²) in [5.41, 5.74) is 8.88. The summed E-state index contributed by atoms with van der Waals surface area (Å²) in [6.45, 7) is 4.16. The number of benzene rings is 1. The van der Waals surface area contributed by atoms with Gasteiger partial charge in [0.2, 0.25) is 5.91 Å². The molecular weight excluding hydrogens is 310 g/mol. The van der Waals surface area contributed by atoms with Crippen LogP contribution in [0.5, 0.6) is 0 Å². The number of amides is 1. The summed E-state index contributed by atoms with van der Waals surface area (Å²) < 4.78 is 0. The average molecular weight is 341 g/mol. The Balaban J connectivity index is 1.36. The third-order valence-corrected chi connectivity index (χ3v) is 6.55. The van der Waals surface area contributed by atoms with Gasteiger partial charge in [0.05, 0.1) is 0 Å². The van der Waals surface area contributed by atoms with Crippen LogP contribution in [0.25, 0.3) is 0 Å². The number of nitrogens with two attached hydrogens (primary N) is 1. The molecule has 2 N–H and O–H groups in total. The number of nitrogens with zero attached hydrogens (tertiary/aromatic N) is 2. The van der Waals surface area contributed by atoms with Gasteiger partial charge in [0, 0.05) is 42.8 Å². The van der Waals surface area contributed by atoms with Gasteiger partial charge in [-0.25, -0.2) is 0 Å². The van der Waals surface area contributed by atoms with Crippen LogP contribution >= 0.6 is 0 Å². The zero-order chi connectivity index (χ0) is 17.4. The second-order valence-corrected chi connectivity index (χ2v) is 8.26. The minimum Gasteiger partial charge on any atom is -0.365 e. The smallest absolute Gasteiger partial charge is 0.225 e. The molecule has 2 aliphatic heterocycles. The molecule has 0 bridgehead atoms. The van der Waals surface area contributed by atoms with E-state index in [2.05, 4.69) is 41.0 Å². The van der Waals surface area contributed by atoms with Gasteiger partial charge in [0.25, 0.3) is 0 Å². The summed E-state index contributed by atoms with van der Waals surface area (Å²) in [6, 6.07) is 10.3. The van der Waals surface area contributed by atoms with Gasteiger partial charge in [0.1, 0.15) is 0 Å². The van der Waals surface area contributed by atoms with Crippen LogP contribution in [0, 0.1) is 5.92 Å². The molecule has 0 radical (unpaired) electrons. The van der Waals surface area contributed by atoms with Crippen molar-refractivity contribution in [3.63, 3.8) is 0 Å². The van der Waals surface area contributed by atoms with Gasteiger partial charge >= 0.3 is 0 Å². The van der Waals surface area contributed by atoms with E-state index < -0.39 is 0 Å². The molecule has 2 fully saturated rings. The molecule has 4 rings (SSSR count). The second-order valence-electron chi connectivity index (χ2n) is 8.26. The molecule has 1 aliphatic carbocycles. The molecule has 4 nitrogen and oxygen atoms in total. The Bertz CT molecular complexity index is 615. The van der Waals surface area contributed by atoms with E-state index in [9.17, 15) is 4.79 Å². The molecule has 0 spiro atoms. The molecule has 4 heteroatoms. The Morgan fingerprint density at radius 1 is 1.04 bits per heavy atom. The Hall–Kier alpha value is -1.55. The molecule has 1 saturated heterocycles. The van der Waals surface area contributed by atoms with Crippen LogP contribution in [0.2, 0.25) is 0 Å². The Kier molecular flexibility index (Phi) is 4.72. The highest BCUT2D eigenvalue weighted by Gasteiger charge is 2.36. The summed E-state index contributed by atoms with van der Waals surface area (Å²) in [5.74, 6) is 0.614. The van der Waals surface area contributed by atoms with E-state index >= 15 is 0 Å². The van der Waals surface area contributed by atoms with Crippen LogP contribution in [0.1, 0.15) is 51.0 Å². The van der Waals surface area contributed by atoms with Gasteiger partial charge in [-0.05, 0) is 63.5 Å². The highest BCUT2D eigenvalue weighted by molar-refractivity contribution is 5.79. The monoisotopic (exact) mass is 341 g/mol. The number of likely N-dealkylation sites (tertiary alicyclic amines) is 1. The van der Waals surface area contributed by atoms with Gasteiger partial charge in [-0.15, -0.1) is 0 Å². The normalized spacial score (nSPS) is 30.4. The predicted octanol–water partition coefficient (Wildman–Crippen LogP) is 2.95. The molecule has 25 heavy (non-hydrogen) atoms. The fraction of sp³-hybridized carbons (Fsp3) is 0.667. The first-order valence-corrected chi connectivity index (χ1v) is 10.0. The van der Waals surface area contributed by atoms with E-state index in [0.717, 1.165) is 58.0 Å². The number of piperidine rings is 1. The van der Waals surface area contributed by atoms with Gasteiger partial charge < -0.3 is 15.5 Å². The summed E-state index contributed by atoms with van der Waals surface area (Å²) in [5, 5.41) is 0. The first-order valence-electron chi connectivity index (χ1n) is 10.0. The van der Waals surface area contributed by atoms with Gasteiger partial charge in [0.15, 0.2) is 0 Å². The molecule has 136 valence electrons. The summed E-state index contributed by atoms with van der Waals surface area (Å²) in [4.78, 5) is 17.6. The summed E-state index contributed by atoms with van der Waals surface area (Å²) in [6.07, 6.45) is 7.32. The van der Waals surface area contributed by atoms with Crippen molar-refractivity contribution in [2.24, 2.45) is 11.7 Å². The van der Waals surface area contributed by atoms with Crippen molar-refractivity contribution >= 4 is 11.6 Å². The van der Waals surface area contributed by atoms with E-state index in [4.69, 9.17) is 5.73 Å². The molecule has 3 aliphatic rings. The summed E-state index contributed by atoms with van der Waals surface area (Å²) >= 11 is 0. The number of para-hydroxylation sites is 1. The third kappa shape index (κ3) is 3.29. The molecule has 2 heterocycles. The minimum atomic E-state index is 0.225. The molecule has 1 amide bonds. The predicted molar refractivity (Wildman–Crippen MR) is 102 cm³/mol. The van der Waals surface area contributed by atoms with Crippen LogP contribution in [-0.4, -0.2) is 42.0 Å². The van der Waals surface area contributed by atoms with Crippen molar-refractivity contribution in [1.82, 2.24) is 4.90 Å². The van der Waals surface area contributed by atoms with E-state index in [-0.39, 0.29) is 5.92 Å². The van der Waals surface area contributed by atoms with E-state index in [0.29, 0.717) is 24.0 Å². The van der Waals surface area contributed by atoms with E-state index in [1.807, 2.05) is 0 Å². The van der Waals surface area contributed by atoms with Crippen LogP contribution in [0.3, 0.4) is 0 Å². The number of hydrogen-bond donors (Lipinski definition) is 1. The van der Waals surface area contributed by atoms with Crippen molar-refractivity contribution in [3.05, 3.63) is 29.8 Å². The zero-order valence-electron chi connectivity index (χ0n) is 15.4. The number of hydrogen-bond acceptors (Lipinski definition) is 3. The van der Waals surface area contributed by atoms with Crippen molar-refractivity contribution in [2.75, 3.05) is 18.0 Å². The first kappa shape index (κ1) is 16.9. The quantitative estimate of drug-likeness (QED) is 0.900. The highest BCUT2D eigenvalue weighted by Crippen LogP contribution is 2.36. The van der Waals surface area contributed by atoms with Crippen LogP contribution in [-0.2, 0) is 11.2 Å². The van der Waals surface area contributed by atoms with Crippen LogP contribution in [0.15, 0.2) is 24.3 Å². The van der Waals surface area contributed by atoms with Gasteiger partial charge in [-0.1, -0.05) is 18.2 Å². The van der Waals surface area contributed by atoms with Crippen molar-refractivity contribution < 1.29 is 4.79 Å². The van der Waals surface area contributed by atoms with Gasteiger partial charge in [-0.2, -0.15) is 0 Å². The molecule has 1 aromatic carbocycles. The Labute approximate surface area is 151 Å². The van der Waals surface area contributed by atoms with Gasteiger partial charge in [-0.3, -0.25) is 4.79 Å². The maximum Gasteiger partial charge on any atom is 0.225 e. The van der Waals surface area contributed by atoms with Crippen molar-refractivity contribution in [1.29, 1.82) is 0 Å². The van der Waals surface area contributed by atoms with Crippen LogP contribution in [0.4, 0.5) is 5.69 Å². The summed E-state index contributed by atoms with van der Waals surface area (Å²) in [7, 11) is 0. The highest BCUT2D eigenvalue weighted by atomic mass is 16.2. The lowest BCUT2D eigenvalue weighted by atomic mass is 9.85. The lowest BCUT2D eigenvalue weighted by molar-refractivity contribution is -0.137. The maximum absolute atomic E-state index is 12.8. The third-order valence-electron chi connectivity index (χ3n) is 6.55. The van der Waals surface area contributed by atoms with Crippen molar-refractivity contribution in [2.45, 2.75) is 70.0 Å². The average Bonchev–Trinajstić information content (AvgIpc) is 2.97. The fourth-order valence-electron chi connectivity index (χ4n) is 5.13. The van der Waals surface area contributed by atoms with E-state index in [1.165, 1.54) is 11.3 Å². The molecule has 0 aromatic heterocycles. The fourth-order valence-corrected chi connectivity index (χ4v) is 5.13. The van der Waals surface area contributed by atoms with Crippen molar-refractivity contribution in [3.8, 4) is 0 Å². The Morgan fingerprint density at radius 2 is 1.72 bits per heavy atom. The molecule has 1 atom stereocenters. The number of fused-ring (bicyclic) bond motifs is 1. The number of carbonyl (C=O) groups is 1. The van der Waals surface area contributed by atoms with Crippen LogP contribution < -0.4 is 10.6 Å². The molecule has 1 saturated carbocycles. The lowest BCUT2D eigenvalue weighted by Crippen LogP contribution is -2.50. The first-order chi connectivity index (χ1) is 12.1. The SMILES string of the molecule is CC1Cc2ccccc2N1C1CCN(C(=O)C2CCC(N)CC2)CC1. The molecule has 1 unspecified atom stereocenters. The molecular formula is C21H31N3O.